The third-order valence-electron chi connectivity index (χ3n) is 3.13. The maximum atomic E-state index is 5.92. The first-order valence-electron chi connectivity index (χ1n) is 6.50. The van der Waals surface area contributed by atoms with E-state index in [0.29, 0.717) is 6.54 Å². The number of anilines is 1. The fraction of sp³-hybridized carbons (Fsp3) is 0.643. The maximum absolute atomic E-state index is 5.92. The van der Waals surface area contributed by atoms with Gasteiger partial charge in [0.15, 0.2) is 0 Å². The van der Waals surface area contributed by atoms with Crippen LogP contribution >= 0.6 is 0 Å². The third-order valence-corrected chi connectivity index (χ3v) is 3.13. The van der Waals surface area contributed by atoms with E-state index in [2.05, 4.69) is 36.7 Å². The molecule has 1 unspecified atom stereocenters. The van der Waals surface area contributed by atoms with Gasteiger partial charge in [0.1, 0.15) is 5.82 Å². The summed E-state index contributed by atoms with van der Waals surface area (Å²) in [5, 5.41) is 0. The van der Waals surface area contributed by atoms with E-state index in [-0.39, 0.29) is 11.7 Å². The molecule has 1 aromatic rings. The van der Waals surface area contributed by atoms with Gasteiger partial charge in [0.25, 0.3) is 0 Å². The lowest BCUT2D eigenvalue weighted by Gasteiger charge is -2.42. The topological polar surface area (TPSA) is 51.4 Å². The molecule has 1 saturated heterocycles. The molecule has 1 atom stereocenters. The van der Waals surface area contributed by atoms with Crippen molar-refractivity contribution in [1.29, 1.82) is 0 Å². The summed E-state index contributed by atoms with van der Waals surface area (Å²) >= 11 is 0. The number of nitrogens with two attached hydrogens (primary N) is 1. The molecule has 1 fully saturated rings. The van der Waals surface area contributed by atoms with Crippen molar-refractivity contribution in [3.63, 3.8) is 0 Å². The summed E-state index contributed by atoms with van der Waals surface area (Å²) in [5.41, 5.74) is 7.75. The summed E-state index contributed by atoms with van der Waals surface area (Å²) in [5.74, 6) is 1.01. The molecule has 18 heavy (non-hydrogen) atoms. The second kappa shape index (κ2) is 4.86. The summed E-state index contributed by atoms with van der Waals surface area (Å²) in [6.07, 6.45) is 0.220. The number of aromatic nitrogens is 1. The number of ether oxygens (including phenoxy) is 1. The van der Waals surface area contributed by atoms with Gasteiger partial charge in [-0.1, -0.05) is 0 Å². The zero-order valence-electron chi connectivity index (χ0n) is 11.7. The Bertz CT molecular complexity index is 431. The molecule has 2 rings (SSSR count). The summed E-state index contributed by atoms with van der Waals surface area (Å²) in [7, 11) is 0. The van der Waals surface area contributed by atoms with E-state index < -0.39 is 0 Å². The fourth-order valence-electron chi connectivity index (χ4n) is 2.63. The highest BCUT2D eigenvalue weighted by molar-refractivity contribution is 5.43. The zero-order chi connectivity index (χ0) is 13.3. The van der Waals surface area contributed by atoms with Crippen molar-refractivity contribution in [2.45, 2.75) is 45.9 Å². The SMILES string of the molecule is Cc1cc(CN)cc(N2CC(C)OC(C)(C)C2)n1. The van der Waals surface area contributed by atoms with Crippen molar-refractivity contribution < 1.29 is 4.74 Å². The van der Waals surface area contributed by atoms with E-state index in [1.165, 1.54) is 0 Å². The highest BCUT2D eigenvalue weighted by Crippen LogP contribution is 2.25. The average Bonchev–Trinajstić information content (AvgIpc) is 2.25. The molecule has 0 radical (unpaired) electrons. The molecule has 0 spiro atoms. The fourth-order valence-corrected chi connectivity index (χ4v) is 2.63. The Hall–Kier alpha value is -1.13. The van der Waals surface area contributed by atoms with Gasteiger partial charge in [0.05, 0.1) is 11.7 Å². The first-order chi connectivity index (χ1) is 8.39. The number of hydrogen-bond donors (Lipinski definition) is 1. The van der Waals surface area contributed by atoms with Crippen LogP contribution < -0.4 is 10.6 Å². The molecular formula is C14H23N3O. The molecule has 4 nitrogen and oxygen atoms in total. The maximum Gasteiger partial charge on any atom is 0.129 e. The molecular weight excluding hydrogens is 226 g/mol. The molecule has 100 valence electrons. The largest absolute Gasteiger partial charge is 0.369 e. The normalized spacial score (nSPS) is 23.2. The van der Waals surface area contributed by atoms with E-state index >= 15 is 0 Å². The van der Waals surface area contributed by atoms with Crippen LogP contribution in [0.4, 0.5) is 5.82 Å². The summed E-state index contributed by atoms with van der Waals surface area (Å²) in [6, 6.07) is 4.12. The monoisotopic (exact) mass is 249 g/mol. The van der Waals surface area contributed by atoms with E-state index in [1.807, 2.05) is 13.0 Å². The number of aryl methyl sites for hydroxylation is 1. The zero-order valence-corrected chi connectivity index (χ0v) is 11.7. The van der Waals surface area contributed by atoms with Crippen LogP contribution in [0.2, 0.25) is 0 Å². The Kier molecular flexibility index (Phi) is 3.59. The number of nitrogens with zero attached hydrogens (tertiary/aromatic N) is 2. The molecule has 0 amide bonds. The van der Waals surface area contributed by atoms with Crippen molar-refractivity contribution >= 4 is 5.82 Å². The lowest BCUT2D eigenvalue weighted by molar-refractivity contribution is -0.0751. The number of pyridine rings is 1. The molecule has 0 saturated carbocycles. The van der Waals surface area contributed by atoms with Gasteiger partial charge in [-0.2, -0.15) is 0 Å². The number of hydrogen-bond acceptors (Lipinski definition) is 4. The van der Waals surface area contributed by atoms with Crippen molar-refractivity contribution in [1.82, 2.24) is 4.98 Å². The highest BCUT2D eigenvalue weighted by Gasteiger charge is 2.31. The average molecular weight is 249 g/mol. The Balaban J connectivity index is 2.27. The van der Waals surface area contributed by atoms with Crippen LogP contribution in [0.5, 0.6) is 0 Å². The van der Waals surface area contributed by atoms with Gasteiger partial charge in [-0.15, -0.1) is 0 Å². The van der Waals surface area contributed by atoms with Crippen molar-refractivity contribution in [2.24, 2.45) is 5.73 Å². The minimum absolute atomic E-state index is 0.133. The predicted molar refractivity (Wildman–Crippen MR) is 73.7 cm³/mol. The van der Waals surface area contributed by atoms with Crippen molar-refractivity contribution in [3.05, 3.63) is 23.4 Å². The smallest absolute Gasteiger partial charge is 0.129 e. The van der Waals surface area contributed by atoms with Crippen LogP contribution in [-0.2, 0) is 11.3 Å². The molecule has 0 aromatic carbocycles. The van der Waals surface area contributed by atoms with Gasteiger partial charge in [-0.25, -0.2) is 4.98 Å². The third kappa shape index (κ3) is 3.00. The van der Waals surface area contributed by atoms with E-state index in [4.69, 9.17) is 10.5 Å². The Morgan fingerprint density at radius 3 is 2.83 bits per heavy atom. The second-order valence-electron chi connectivity index (χ2n) is 5.75. The van der Waals surface area contributed by atoms with Gasteiger partial charge < -0.3 is 15.4 Å². The van der Waals surface area contributed by atoms with Crippen LogP contribution in [0.1, 0.15) is 32.0 Å². The summed E-state index contributed by atoms with van der Waals surface area (Å²) in [4.78, 5) is 6.91. The van der Waals surface area contributed by atoms with Crippen LogP contribution in [-0.4, -0.2) is 29.8 Å². The predicted octanol–water partition coefficient (Wildman–Crippen LogP) is 1.85. The first-order valence-corrected chi connectivity index (χ1v) is 6.50. The minimum Gasteiger partial charge on any atom is -0.369 e. The lowest BCUT2D eigenvalue weighted by Crippen LogP contribution is -2.52. The summed E-state index contributed by atoms with van der Waals surface area (Å²) in [6.45, 7) is 10.6. The Morgan fingerprint density at radius 2 is 2.22 bits per heavy atom. The molecule has 1 aliphatic heterocycles. The first kappa shape index (κ1) is 13.3. The minimum atomic E-state index is -0.133. The van der Waals surface area contributed by atoms with Gasteiger partial charge in [-0.3, -0.25) is 0 Å². The van der Waals surface area contributed by atoms with Crippen LogP contribution in [0, 0.1) is 6.92 Å². The van der Waals surface area contributed by atoms with Gasteiger partial charge >= 0.3 is 0 Å². The number of morpholine rings is 1. The molecule has 4 heteroatoms. The Labute approximate surface area is 109 Å². The van der Waals surface area contributed by atoms with Gasteiger partial charge in [0.2, 0.25) is 0 Å². The standard InChI is InChI=1S/C14H23N3O/c1-10-5-12(7-15)6-13(16-10)17-8-11(2)18-14(3,4)9-17/h5-6,11H,7-9,15H2,1-4H3. The van der Waals surface area contributed by atoms with E-state index in [1.54, 1.807) is 0 Å². The Morgan fingerprint density at radius 1 is 1.50 bits per heavy atom. The molecule has 1 aromatic heterocycles. The number of rotatable bonds is 2. The quantitative estimate of drug-likeness (QED) is 0.869. The van der Waals surface area contributed by atoms with Gasteiger partial charge in [-0.05, 0) is 45.4 Å². The van der Waals surface area contributed by atoms with Crippen LogP contribution in [0.3, 0.4) is 0 Å². The van der Waals surface area contributed by atoms with Crippen LogP contribution in [0.15, 0.2) is 12.1 Å². The summed E-state index contributed by atoms with van der Waals surface area (Å²) < 4.78 is 5.92. The highest BCUT2D eigenvalue weighted by atomic mass is 16.5. The molecule has 0 aliphatic carbocycles. The molecule has 0 bridgehead atoms. The second-order valence-corrected chi connectivity index (χ2v) is 5.75. The van der Waals surface area contributed by atoms with Crippen LogP contribution in [0.25, 0.3) is 0 Å². The van der Waals surface area contributed by atoms with E-state index in [0.717, 1.165) is 30.2 Å². The molecule has 2 N–H and O–H groups in total. The van der Waals surface area contributed by atoms with E-state index in [9.17, 15) is 0 Å². The molecule has 2 heterocycles. The van der Waals surface area contributed by atoms with Crippen molar-refractivity contribution in [3.8, 4) is 0 Å². The molecule has 1 aliphatic rings. The lowest BCUT2D eigenvalue weighted by atomic mass is 10.1. The van der Waals surface area contributed by atoms with Crippen molar-refractivity contribution in [2.75, 3.05) is 18.0 Å². The van der Waals surface area contributed by atoms with Gasteiger partial charge in [0, 0.05) is 25.3 Å².